The van der Waals surface area contributed by atoms with Gasteiger partial charge in [-0.2, -0.15) is 5.10 Å². The molecule has 8 nitrogen and oxygen atoms in total. The second-order valence-electron chi connectivity index (χ2n) is 9.61. The highest BCUT2D eigenvalue weighted by Gasteiger charge is 2.39. The van der Waals surface area contributed by atoms with Crippen molar-refractivity contribution in [2.45, 2.75) is 32.4 Å². The number of amides is 2. The fourth-order valence-electron chi connectivity index (χ4n) is 4.74. The van der Waals surface area contributed by atoms with Crippen LogP contribution >= 0.6 is 0 Å². The first-order valence-corrected chi connectivity index (χ1v) is 12.6. The number of hydrogen-bond acceptors (Lipinski definition) is 5. The van der Waals surface area contributed by atoms with E-state index in [1.165, 1.54) is 35.5 Å². The average Bonchev–Trinajstić information content (AvgIpc) is 3.59. The first kappa shape index (κ1) is 26.0. The number of aryl methyl sites for hydroxylation is 1. The molecule has 2 atom stereocenters. The van der Waals surface area contributed by atoms with Crippen molar-refractivity contribution in [3.05, 3.63) is 102 Å². The van der Waals surface area contributed by atoms with Crippen LogP contribution in [0.3, 0.4) is 0 Å². The lowest BCUT2D eigenvalue weighted by atomic mass is 9.96. The van der Waals surface area contributed by atoms with Crippen LogP contribution in [0.4, 0.5) is 14.5 Å². The first-order valence-electron chi connectivity index (χ1n) is 12.6. The molecule has 3 aromatic carbocycles. The summed E-state index contributed by atoms with van der Waals surface area (Å²) in [4.78, 5) is 32.0. The molecule has 0 spiro atoms. The molecule has 2 unspecified atom stereocenters. The molecule has 5 rings (SSSR count). The van der Waals surface area contributed by atoms with Crippen molar-refractivity contribution in [1.29, 1.82) is 0 Å². The van der Waals surface area contributed by atoms with E-state index in [2.05, 4.69) is 15.4 Å². The molecule has 200 valence electrons. The number of carbonyl (C=O) groups is 2. The lowest BCUT2D eigenvalue weighted by Gasteiger charge is -2.24. The molecule has 0 aliphatic carbocycles. The molecule has 2 heterocycles. The number of likely N-dealkylation sites (tertiary alicyclic amines) is 1. The Bertz CT molecular complexity index is 1440. The van der Waals surface area contributed by atoms with Gasteiger partial charge in [-0.15, -0.1) is 0 Å². The number of anilines is 1. The zero-order valence-electron chi connectivity index (χ0n) is 21.3. The van der Waals surface area contributed by atoms with Crippen LogP contribution in [0.25, 0.3) is 0 Å². The number of nitrogens with one attached hydrogen (secondary N) is 1. The van der Waals surface area contributed by atoms with Gasteiger partial charge >= 0.3 is 0 Å². The summed E-state index contributed by atoms with van der Waals surface area (Å²) in [6, 6.07) is 16.9. The minimum Gasteiger partial charge on any atom is -0.457 e. The second kappa shape index (κ2) is 11.4. The van der Waals surface area contributed by atoms with Gasteiger partial charge in [-0.3, -0.25) is 9.59 Å². The number of hydrogen-bond donors (Lipinski definition) is 1. The van der Waals surface area contributed by atoms with Crippen molar-refractivity contribution >= 4 is 17.5 Å². The van der Waals surface area contributed by atoms with Gasteiger partial charge in [0.2, 0.25) is 11.8 Å². The molecule has 0 radical (unpaired) electrons. The second-order valence-corrected chi connectivity index (χ2v) is 9.61. The quantitative estimate of drug-likeness (QED) is 0.354. The van der Waals surface area contributed by atoms with Crippen LogP contribution in [-0.4, -0.2) is 44.1 Å². The highest BCUT2D eigenvalue weighted by Crippen LogP contribution is 2.29. The van der Waals surface area contributed by atoms with Crippen LogP contribution in [0, 0.1) is 24.5 Å². The number of ether oxygens (including phenoxy) is 1. The third-order valence-corrected chi connectivity index (χ3v) is 6.70. The predicted molar refractivity (Wildman–Crippen MR) is 140 cm³/mol. The Morgan fingerprint density at radius 3 is 2.46 bits per heavy atom. The normalized spacial score (nSPS) is 16.7. The van der Waals surface area contributed by atoms with E-state index >= 15 is 0 Å². The zero-order valence-corrected chi connectivity index (χ0v) is 21.3. The van der Waals surface area contributed by atoms with Gasteiger partial charge in [-0.25, -0.2) is 18.4 Å². The maximum Gasteiger partial charge on any atom is 0.247 e. The van der Waals surface area contributed by atoms with Gasteiger partial charge in [0.05, 0.1) is 0 Å². The Morgan fingerprint density at radius 2 is 1.77 bits per heavy atom. The van der Waals surface area contributed by atoms with Gasteiger partial charge in [0.1, 0.15) is 48.4 Å². The first-order chi connectivity index (χ1) is 18.8. The lowest BCUT2D eigenvalue weighted by molar-refractivity contribution is -0.137. The largest absolute Gasteiger partial charge is 0.457 e. The molecule has 1 saturated heterocycles. The van der Waals surface area contributed by atoms with Gasteiger partial charge in [-0.05, 0) is 91.4 Å². The highest BCUT2D eigenvalue weighted by molar-refractivity contribution is 5.97. The minimum absolute atomic E-state index is 0.0258. The van der Waals surface area contributed by atoms with Gasteiger partial charge in [0, 0.05) is 12.2 Å². The fourth-order valence-corrected chi connectivity index (χ4v) is 4.74. The van der Waals surface area contributed by atoms with E-state index in [9.17, 15) is 18.4 Å². The molecular weight excluding hydrogens is 504 g/mol. The van der Waals surface area contributed by atoms with Crippen molar-refractivity contribution in [3.8, 4) is 11.5 Å². The number of rotatable bonds is 8. The molecule has 4 aromatic rings. The summed E-state index contributed by atoms with van der Waals surface area (Å²) >= 11 is 0. The van der Waals surface area contributed by atoms with Gasteiger partial charge in [-0.1, -0.05) is 12.1 Å². The molecule has 10 heteroatoms. The van der Waals surface area contributed by atoms with Crippen molar-refractivity contribution in [3.63, 3.8) is 0 Å². The minimum atomic E-state index is -0.676. The maximum absolute atomic E-state index is 13.5. The third kappa shape index (κ3) is 6.46. The van der Waals surface area contributed by atoms with E-state index in [1.54, 1.807) is 60.4 Å². The van der Waals surface area contributed by atoms with Gasteiger partial charge < -0.3 is 15.0 Å². The molecule has 1 aliphatic heterocycles. The van der Waals surface area contributed by atoms with E-state index in [0.29, 0.717) is 42.1 Å². The summed E-state index contributed by atoms with van der Waals surface area (Å²) < 4.78 is 34.1. The van der Waals surface area contributed by atoms with E-state index in [4.69, 9.17) is 4.74 Å². The number of carbonyl (C=O) groups excluding carboxylic acids is 2. The molecular formula is C29H27F2N5O3. The Morgan fingerprint density at radius 1 is 1.03 bits per heavy atom. The Labute approximate surface area is 224 Å². The summed E-state index contributed by atoms with van der Waals surface area (Å²) in [5.41, 5.74) is 1.97. The summed E-state index contributed by atoms with van der Waals surface area (Å²) in [6.45, 7) is 2.03. The Balaban J connectivity index is 1.26. The number of halogens is 2. The van der Waals surface area contributed by atoms with Crippen LogP contribution in [0.5, 0.6) is 11.5 Å². The van der Waals surface area contributed by atoms with E-state index in [0.717, 1.165) is 5.56 Å². The smallest absolute Gasteiger partial charge is 0.247 e. The summed E-state index contributed by atoms with van der Waals surface area (Å²) in [7, 11) is 0. The van der Waals surface area contributed by atoms with Crippen LogP contribution in [0.15, 0.2) is 79.4 Å². The maximum atomic E-state index is 13.5. The fraction of sp³-hybridized carbons (Fsp3) is 0.241. The van der Waals surface area contributed by atoms with E-state index in [1.807, 2.05) is 0 Å². The van der Waals surface area contributed by atoms with Crippen LogP contribution in [0.1, 0.15) is 17.5 Å². The average molecular weight is 532 g/mol. The number of nitrogens with zero attached hydrogens (tertiary/aromatic N) is 4. The lowest BCUT2D eigenvalue weighted by Crippen LogP contribution is -2.44. The molecule has 0 saturated carbocycles. The Hall–Kier alpha value is -4.60. The molecule has 0 bridgehead atoms. The van der Waals surface area contributed by atoms with Crippen molar-refractivity contribution in [2.24, 2.45) is 5.92 Å². The summed E-state index contributed by atoms with van der Waals surface area (Å²) in [6.07, 6.45) is 3.89. The van der Waals surface area contributed by atoms with E-state index < -0.39 is 6.04 Å². The standard InChI is InChI=1S/C29H27F2N5O3/c1-19-12-25(10-11-26(19)31)39-24-8-6-23(7-9-24)34-29(38)27-14-21(13-20-2-4-22(30)5-3-20)15-36(27)28(37)16-35-18-32-17-33-35/h2-12,17-18,21,27H,13-16H2,1H3,(H,34,38). The Kier molecular flexibility index (Phi) is 7.62. The van der Waals surface area contributed by atoms with Gasteiger partial charge in [0.25, 0.3) is 0 Å². The third-order valence-electron chi connectivity index (χ3n) is 6.70. The number of aromatic nitrogens is 3. The molecule has 1 N–H and O–H groups in total. The van der Waals surface area contributed by atoms with Gasteiger partial charge in [0.15, 0.2) is 0 Å². The van der Waals surface area contributed by atoms with Crippen molar-refractivity contribution in [1.82, 2.24) is 19.7 Å². The number of benzene rings is 3. The summed E-state index contributed by atoms with van der Waals surface area (Å²) in [5, 5.41) is 6.90. The SMILES string of the molecule is Cc1cc(Oc2ccc(NC(=O)C3CC(Cc4ccc(F)cc4)CN3C(=O)Cn3cncn3)cc2)ccc1F. The monoisotopic (exact) mass is 531 g/mol. The molecule has 39 heavy (non-hydrogen) atoms. The van der Waals surface area contributed by atoms with Crippen LogP contribution in [0.2, 0.25) is 0 Å². The molecule has 1 aliphatic rings. The van der Waals surface area contributed by atoms with E-state index in [-0.39, 0.29) is 35.9 Å². The molecule has 2 amide bonds. The van der Waals surface area contributed by atoms with Crippen LogP contribution in [-0.2, 0) is 22.6 Å². The van der Waals surface area contributed by atoms with Crippen LogP contribution < -0.4 is 10.1 Å². The highest BCUT2D eigenvalue weighted by atomic mass is 19.1. The molecule has 1 aromatic heterocycles. The van der Waals surface area contributed by atoms with Crippen molar-refractivity contribution in [2.75, 3.05) is 11.9 Å². The zero-order chi connectivity index (χ0) is 27.4. The summed E-state index contributed by atoms with van der Waals surface area (Å²) in [5.74, 6) is -0.0839. The topological polar surface area (TPSA) is 89.4 Å². The molecule has 1 fully saturated rings. The predicted octanol–water partition coefficient (Wildman–Crippen LogP) is 4.76. The van der Waals surface area contributed by atoms with Crippen molar-refractivity contribution < 1.29 is 23.1 Å².